The first kappa shape index (κ1) is 12.5. The van der Waals surface area contributed by atoms with Gasteiger partial charge in [-0.05, 0) is 25.1 Å². The van der Waals surface area contributed by atoms with Crippen molar-refractivity contribution in [1.29, 1.82) is 0 Å². The molecular formula is C16H17NO. The van der Waals surface area contributed by atoms with Gasteiger partial charge in [0, 0.05) is 17.7 Å². The Bertz CT molecular complexity index is 543. The predicted octanol–water partition coefficient (Wildman–Crippen LogP) is 2.95. The highest BCUT2D eigenvalue weighted by Gasteiger charge is 2.10. The molecule has 0 aliphatic heterocycles. The summed E-state index contributed by atoms with van der Waals surface area (Å²) in [6.07, 6.45) is 0. The monoisotopic (exact) mass is 239 g/mol. The summed E-state index contributed by atoms with van der Waals surface area (Å²) in [5.41, 5.74) is 3.71. The maximum atomic E-state index is 12.3. The van der Waals surface area contributed by atoms with Crippen LogP contribution >= 0.6 is 0 Å². The number of benzene rings is 2. The van der Waals surface area contributed by atoms with Crippen molar-refractivity contribution in [2.75, 3.05) is 7.05 Å². The summed E-state index contributed by atoms with van der Waals surface area (Å²) in [4.78, 5) is 12.3. The smallest absolute Gasteiger partial charge is 0.193 e. The fourth-order valence-electron chi connectivity index (χ4n) is 1.96. The number of carbonyl (C=O) groups excluding carboxylic acids is 1. The highest BCUT2D eigenvalue weighted by Crippen LogP contribution is 2.14. The first-order valence-corrected chi connectivity index (χ1v) is 6.06. The lowest BCUT2D eigenvalue weighted by Crippen LogP contribution is -2.06. The van der Waals surface area contributed by atoms with Gasteiger partial charge in [-0.1, -0.05) is 48.5 Å². The molecule has 0 aliphatic carbocycles. The van der Waals surface area contributed by atoms with E-state index in [1.165, 1.54) is 5.56 Å². The molecule has 0 aliphatic rings. The largest absolute Gasteiger partial charge is 0.316 e. The van der Waals surface area contributed by atoms with Crippen LogP contribution in [0, 0.1) is 6.92 Å². The fourth-order valence-corrected chi connectivity index (χ4v) is 1.96. The summed E-state index contributed by atoms with van der Waals surface area (Å²) >= 11 is 0. The van der Waals surface area contributed by atoms with Gasteiger partial charge in [0.2, 0.25) is 0 Å². The molecule has 18 heavy (non-hydrogen) atoms. The third-order valence-electron chi connectivity index (χ3n) is 2.99. The average molecular weight is 239 g/mol. The van der Waals surface area contributed by atoms with Gasteiger partial charge in [0.15, 0.2) is 5.78 Å². The maximum absolute atomic E-state index is 12.3. The van der Waals surface area contributed by atoms with Gasteiger partial charge < -0.3 is 5.32 Å². The Morgan fingerprint density at radius 2 is 1.72 bits per heavy atom. The van der Waals surface area contributed by atoms with Crippen LogP contribution in [0.1, 0.15) is 27.0 Å². The van der Waals surface area contributed by atoms with Gasteiger partial charge in [0.05, 0.1) is 0 Å². The predicted molar refractivity (Wildman–Crippen MR) is 73.8 cm³/mol. The molecule has 92 valence electrons. The van der Waals surface area contributed by atoms with Gasteiger partial charge in [-0.2, -0.15) is 0 Å². The SMILES string of the molecule is CNCc1ccc(C(=O)c2ccccc2C)cc1. The second-order valence-electron chi connectivity index (χ2n) is 4.37. The van der Waals surface area contributed by atoms with Crippen molar-refractivity contribution in [3.8, 4) is 0 Å². The molecule has 0 fully saturated rings. The summed E-state index contributed by atoms with van der Waals surface area (Å²) in [7, 11) is 1.91. The van der Waals surface area contributed by atoms with Gasteiger partial charge in [0.1, 0.15) is 0 Å². The van der Waals surface area contributed by atoms with Crippen LogP contribution in [0.4, 0.5) is 0 Å². The molecule has 0 saturated heterocycles. The lowest BCUT2D eigenvalue weighted by atomic mass is 9.98. The molecule has 0 spiro atoms. The lowest BCUT2D eigenvalue weighted by molar-refractivity contribution is 0.103. The first-order valence-electron chi connectivity index (χ1n) is 6.06. The molecule has 2 aromatic rings. The number of hydrogen-bond donors (Lipinski definition) is 1. The van der Waals surface area contributed by atoms with E-state index < -0.39 is 0 Å². The molecule has 2 rings (SSSR count). The number of nitrogens with one attached hydrogen (secondary N) is 1. The van der Waals surface area contributed by atoms with Crippen molar-refractivity contribution in [3.05, 3.63) is 70.8 Å². The molecule has 0 radical (unpaired) electrons. The van der Waals surface area contributed by atoms with Crippen LogP contribution in [0.2, 0.25) is 0 Å². The van der Waals surface area contributed by atoms with Gasteiger partial charge >= 0.3 is 0 Å². The van der Waals surface area contributed by atoms with E-state index in [9.17, 15) is 4.79 Å². The Kier molecular flexibility index (Phi) is 3.90. The number of hydrogen-bond acceptors (Lipinski definition) is 2. The van der Waals surface area contributed by atoms with Crippen LogP contribution in [0.15, 0.2) is 48.5 Å². The summed E-state index contributed by atoms with van der Waals surface area (Å²) < 4.78 is 0. The minimum atomic E-state index is 0.0871. The van der Waals surface area contributed by atoms with Gasteiger partial charge in [-0.15, -0.1) is 0 Å². The number of carbonyl (C=O) groups is 1. The molecule has 2 aromatic carbocycles. The zero-order chi connectivity index (χ0) is 13.0. The Labute approximate surface area is 108 Å². The third-order valence-corrected chi connectivity index (χ3v) is 2.99. The summed E-state index contributed by atoms with van der Waals surface area (Å²) in [6, 6.07) is 15.4. The van der Waals surface area contributed by atoms with E-state index in [2.05, 4.69) is 5.32 Å². The van der Waals surface area contributed by atoms with Crippen molar-refractivity contribution >= 4 is 5.78 Å². The van der Waals surface area contributed by atoms with Crippen LogP contribution < -0.4 is 5.32 Å². The molecule has 0 aromatic heterocycles. The average Bonchev–Trinajstić information content (AvgIpc) is 2.40. The summed E-state index contributed by atoms with van der Waals surface area (Å²) in [6.45, 7) is 2.78. The van der Waals surface area contributed by atoms with E-state index in [1.807, 2.05) is 62.5 Å². The van der Waals surface area contributed by atoms with E-state index in [4.69, 9.17) is 0 Å². The topological polar surface area (TPSA) is 29.1 Å². The highest BCUT2D eigenvalue weighted by molar-refractivity contribution is 6.09. The Hall–Kier alpha value is -1.93. The van der Waals surface area contributed by atoms with Crippen molar-refractivity contribution in [2.45, 2.75) is 13.5 Å². The molecule has 0 heterocycles. The van der Waals surface area contributed by atoms with Crippen molar-refractivity contribution in [3.63, 3.8) is 0 Å². The summed E-state index contributed by atoms with van der Waals surface area (Å²) in [5.74, 6) is 0.0871. The molecule has 2 heteroatoms. The van der Waals surface area contributed by atoms with Gasteiger partial charge in [0.25, 0.3) is 0 Å². The molecule has 0 saturated carbocycles. The Balaban J connectivity index is 2.27. The van der Waals surface area contributed by atoms with Gasteiger partial charge in [-0.3, -0.25) is 4.79 Å². The second-order valence-corrected chi connectivity index (χ2v) is 4.37. The van der Waals surface area contributed by atoms with Crippen molar-refractivity contribution in [1.82, 2.24) is 5.32 Å². The summed E-state index contributed by atoms with van der Waals surface area (Å²) in [5, 5.41) is 3.09. The van der Waals surface area contributed by atoms with E-state index in [-0.39, 0.29) is 5.78 Å². The van der Waals surface area contributed by atoms with E-state index in [1.54, 1.807) is 0 Å². The van der Waals surface area contributed by atoms with E-state index in [0.29, 0.717) is 0 Å². The number of aryl methyl sites for hydroxylation is 1. The molecule has 0 bridgehead atoms. The second kappa shape index (κ2) is 5.61. The molecule has 0 amide bonds. The van der Waals surface area contributed by atoms with Crippen molar-refractivity contribution in [2.24, 2.45) is 0 Å². The Morgan fingerprint density at radius 1 is 1.06 bits per heavy atom. The quantitative estimate of drug-likeness (QED) is 0.831. The zero-order valence-electron chi connectivity index (χ0n) is 10.7. The van der Waals surface area contributed by atoms with Crippen LogP contribution in [0.5, 0.6) is 0 Å². The highest BCUT2D eigenvalue weighted by atomic mass is 16.1. The molecule has 0 unspecified atom stereocenters. The maximum Gasteiger partial charge on any atom is 0.193 e. The minimum absolute atomic E-state index is 0.0871. The standard InChI is InChI=1S/C16H17NO/c1-12-5-3-4-6-15(12)16(18)14-9-7-13(8-10-14)11-17-2/h3-10,17H,11H2,1-2H3. The number of rotatable bonds is 4. The minimum Gasteiger partial charge on any atom is -0.316 e. The molecule has 1 N–H and O–H groups in total. The van der Waals surface area contributed by atoms with Crippen LogP contribution in [0.25, 0.3) is 0 Å². The lowest BCUT2D eigenvalue weighted by Gasteiger charge is -2.06. The van der Waals surface area contributed by atoms with Crippen LogP contribution in [0.3, 0.4) is 0 Å². The van der Waals surface area contributed by atoms with E-state index in [0.717, 1.165) is 23.2 Å². The van der Waals surface area contributed by atoms with Gasteiger partial charge in [-0.25, -0.2) is 0 Å². The fraction of sp³-hybridized carbons (Fsp3) is 0.188. The van der Waals surface area contributed by atoms with Crippen LogP contribution in [-0.2, 0) is 6.54 Å². The Morgan fingerprint density at radius 3 is 2.33 bits per heavy atom. The molecule has 0 atom stereocenters. The normalized spacial score (nSPS) is 10.3. The van der Waals surface area contributed by atoms with E-state index >= 15 is 0 Å². The number of ketones is 1. The first-order chi connectivity index (χ1) is 8.72. The zero-order valence-corrected chi connectivity index (χ0v) is 10.7. The third kappa shape index (κ3) is 2.66. The molecule has 2 nitrogen and oxygen atoms in total. The van der Waals surface area contributed by atoms with Crippen LogP contribution in [-0.4, -0.2) is 12.8 Å². The van der Waals surface area contributed by atoms with Crippen molar-refractivity contribution < 1.29 is 4.79 Å². The molecular weight excluding hydrogens is 222 g/mol.